The molecule has 2 N–H and O–H groups in total. The molecule has 4 heteroatoms. The van der Waals surface area contributed by atoms with Gasteiger partial charge in [0.05, 0.1) is 0 Å². The van der Waals surface area contributed by atoms with Crippen LogP contribution in [0, 0.1) is 0 Å². The summed E-state index contributed by atoms with van der Waals surface area (Å²) in [6.07, 6.45) is 0. The lowest BCUT2D eigenvalue weighted by Crippen LogP contribution is -2.00. The first-order valence-electron chi connectivity index (χ1n) is 4.30. The zero-order valence-corrected chi connectivity index (χ0v) is 10.1. The summed E-state index contributed by atoms with van der Waals surface area (Å²) >= 11 is 4.84. The predicted octanol–water partition coefficient (Wildman–Crippen LogP) is 3.32. The molecule has 2 aromatic rings. The van der Waals surface area contributed by atoms with E-state index in [0.717, 1.165) is 4.47 Å². The third-order valence-electron chi connectivity index (χ3n) is 2.03. The van der Waals surface area contributed by atoms with Gasteiger partial charge in [-0.1, -0.05) is 0 Å². The van der Waals surface area contributed by atoms with Crippen molar-refractivity contribution >= 4 is 38.7 Å². The third-order valence-corrected chi connectivity index (χ3v) is 3.73. The normalized spacial score (nSPS) is 10.2. The predicted molar refractivity (Wildman–Crippen MR) is 66.3 cm³/mol. The van der Waals surface area contributed by atoms with Crippen molar-refractivity contribution in [3.63, 3.8) is 0 Å². The van der Waals surface area contributed by atoms with Gasteiger partial charge in [0, 0.05) is 32.0 Å². The minimum absolute atomic E-state index is 0.0168. The van der Waals surface area contributed by atoms with Crippen LogP contribution in [0.25, 0.3) is 0 Å². The van der Waals surface area contributed by atoms with Crippen molar-refractivity contribution < 1.29 is 4.79 Å². The molecule has 0 unspecified atom stereocenters. The summed E-state index contributed by atoms with van der Waals surface area (Å²) in [5.41, 5.74) is 7.57. The zero-order chi connectivity index (χ0) is 10.8. The smallest absolute Gasteiger partial charge is 0.194 e. The van der Waals surface area contributed by atoms with Gasteiger partial charge >= 0.3 is 0 Å². The number of halogens is 1. The van der Waals surface area contributed by atoms with Crippen molar-refractivity contribution in [3.8, 4) is 0 Å². The fraction of sp³-hybridized carbons (Fsp3) is 0. The molecule has 0 aliphatic carbocycles. The maximum Gasteiger partial charge on any atom is 0.194 e. The number of thiophene rings is 1. The minimum atomic E-state index is 0.0168. The van der Waals surface area contributed by atoms with E-state index in [0.29, 0.717) is 16.8 Å². The van der Waals surface area contributed by atoms with E-state index in [1.165, 1.54) is 11.3 Å². The number of rotatable bonds is 2. The first kappa shape index (κ1) is 10.4. The van der Waals surface area contributed by atoms with Gasteiger partial charge in [0.25, 0.3) is 0 Å². The molecule has 2 nitrogen and oxygen atoms in total. The number of nitrogen functional groups attached to an aromatic ring is 1. The molecule has 0 saturated heterocycles. The summed E-state index contributed by atoms with van der Waals surface area (Å²) in [5.74, 6) is 0.0168. The lowest BCUT2D eigenvalue weighted by atomic mass is 10.1. The molecular weight excluding hydrogens is 274 g/mol. The highest BCUT2D eigenvalue weighted by atomic mass is 79.9. The van der Waals surface area contributed by atoms with Gasteiger partial charge in [-0.25, -0.2) is 0 Å². The summed E-state index contributed by atoms with van der Waals surface area (Å²) in [6, 6.07) is 6.94. The van der Waals surface area contributed by atoms with Crippen LogP contribution in [0.5, 0.6) is 0 Å². The molecule has 0 radical (unpaired) electrons. The van der Waals surface area contributed by atoms with Crippen LogP contribution in [0.2, 0.25) is 0 Å². The Morgan fingerprint density at radius 2 is 1.87 bits per heavy atom. The Morgan fingerprint density at radius 1 is 1.20 bits per heavy atom. The monoisotopic (exact) mass is 281 g/mol. The summed E-state index contributed by atoms with van der Waals surface area (Å²) < 4.78 is 0.842. The molecule has 0 fully saturated rings. The van der Waals surface area contributed by atoms with E-state index < -0.39 is 0 Å². The summed E-state index contributed by atoms with van der Waals surface area (Å²) in [6.45, 7) is 0. The molecular formula is C11H8BrNOS. The van der Waals surface area contributed by atoms with E-state index >= 15 is 0 Å². The first-order chi connectivity index (χ1) is 7.18. The Bertz CT molecular complexity index is 490. The average molecular weight is 282 g/mol. The van der Waals surface area contributed by atoms with E-state index in [1.54, 1.807) is 24.3 Å². The Kier molecular flexibility index (Phi) is 2.88. The van der Waals surface area contributed by atoms with Crippen molar-refractivity contribution in [2.75, 3.05) is 5.73 Å². The molecule has 0 aliphatic heterocycles. The number of ketones is 1. The second kappa shape index (κ2) is 4.16. The van der Waals surface area contributed by atoms with Crippen LogP contribution >= 0.6 is 27.3 Å². The van der Waals surface area contributed by atoms with E-state index in [1.807, 2.05) is 10.8 Å². The highest BCUT2D eigenvalue weighted by Gasteiger charge is 2.12. The molecule has 0 amide bonds. The van der Waals surface area contributed by atoms with Gasteiger partial charge < -0.3 is 5.73 Å². The Morgan fingerprint density at radius 3 is 2.40 bits per heavy atom. The van der Waals surface area contributed by atoms with Gasteiger partial charge in [0.15, 0.2) is 5.78 Å². The number of carbonyl (C=O) groups excluding carboxylic acids is 1. The fourth-order valence-electron chi connectivity index (χ4n) is 1.23. The van der Waals surface area contributed by atoms with Crippen LogP contribution in [-0.2, 0) is 0 Å². The van der Waals surface area contributed by atoms with Crippen molar-refractivity contribution in [1.82, 2.24) is 0 Å². The van der Waals surface area contributed by atoms with Crippen LogP contribution in [0.3, 0.4) is 0 Å². The first-order valence-corrected chi connectivity index (χ1v) is 6.04. The second-order valence-corrected chi connectivity index (χ2v) is 4.68. The van der Waals surface area contributed by atoms with E-state index in [4.69, 9.17) is 5.73 Å². The molecule has 1 aromatic carbocycles. The molecule has 0 atom stereocenters. The topological polar surface area (TPSA) is 43.1 Å². The van der Waals surface area contributed by atoms with Crippen molar-refractivity contribution in [3.05, 3.63) is 50.6 Å². The van der Waals surface area contributed by atoms with Crippen LogP contribution in [0.15, 0.2) is 39.5 Å². The number of anilines is 1. The van der Waals surface area contributed by atoms with E-state index in [9.17, 15) is 4.79 Å². The molecule has 0 aliphatic rings. The Labute approximate surface area is 99.9 Å². The van der Waals surface area contributed by atoms with Gasteiger partial charge in [0.1, 0.15) is 0 Å². The molecule has 0 spiro atoms. The fourth-order valence-corrected chi connectivity index (χ4v) is 2.69. The molecule has 1 heterocycles. The van der Waals surface area contributed by atoms with Crippen LogP contribution in [0.4, 0.5) is 5.69 Å². The summed E-state index contributed by atoms with van der Waals surface area (Å²) in [5, 5.41) is 3.73. The average Bonchev–Trinajstić information content (AvgIpc) is 2.65. The number of benzene rings is 1. The van der Waals surface area contributed by atoms with Gasteiger partial charge in [-0.15, -0.1) is 0 Å². The lowest BCUT2D eigenvalue weighted by molar-refractivity contribution is 0.103. The second-order valence-electron chi connectivity index (χ2n) is 3.08. The largest absolute Gasteiger partial charge is 0.399 e. The van der Waals surface area contributed by atoms with Crippen LogP contribution < -0.4 is 5.73 Å². The molecule has 0 saturated carbocycles. The minimum Gasteiger partial charge on any atom is -0.399 e. The highest BCUT2D eigenvalue weighted by molar-refractivity contribution is 9.10. The van der Waals surface area contributed by atoms with E-state index in [-0.39, 0.29) is 5.78 Å². The maximum atomic E-state index is 12.0. The third kappa shape index (κ3) is 2.11. The molecule has 76 valence electrons. The van der Waals surface area contributed by atoms with E-state index in [2.05, 4.69) is 15.9 Å². The SMILES string of the molecule is Nc1ccc(C(=O)c2cscc2Br)cc1. The van der Waals surface area contributed by atoms with Gasteiger partial charge in [-0.2, -0.15) is 11.3 Å². The van der Waals surface area contributed by atoms with Gasteiger partial charge in [-0.05, 0) is 40.2 Å². The Balaban J connectivity index is 2.37. The number of hydrogen-bond acceptors (Lipinski definition) is 3. The molecule has 2 rings (SSSR count). The lowest BCUT2D eigenvalue weighted by Gasteiger charge is -1.99. The van der Waals surface area contributed by atoms with Crippen molar-refractivity contribution in [1.29, 1.82) is 0 Å². The summed E-state index contributed by atoms with van der Waals surface area (Å²) in [7, 11) is 0. The molecule has 0 bridgehead atoms. The van der Waals surface area contributed by atoms with Crippen molar-refractivity contribution in [2.24, 2.45) is 0 Å². The standard InChI is InChI=1S/C11H8BrNOS/c12-10-6-15-5-9(10)11(14)7-1-3-8(13)4-2-7/h1-6H,13H2. The van der Waals surface area contributed by atoms with Crippen molar-refractivity contribution in [2.45, 2.75) is 0 Å². The Hall–Kier alpha value is -1.13. The molecule has 1 aromatic heterocycles. The van der Waals surface area contributed by atoms with Crippen LogP contribution in [-0.4, -0.2) is 5.78 Å². The maximum absolute atomic E-state index is 12.0. The van der Waals surface area contributed by atoms with Crippen LogP contribution in [0.1, 0.15) is 15.9 Å². The highest BCUT2D eigenvalue weighted by Crippen LogP contribution is 2.24. The number of carbonyl (C=O) groups is 1. The quantitative estimate of drug-likeness (QED) is 0.678. The van der Waals surface area contributed by atoms with Gasteiger partial charge in [-0.3, -0.25) is 4.79 Å². The number of nitrogens with two attached hydrogens (primary N) is 1. The zero-order valence-electron chi connectivity index (χ0n) is 7.74. The molecule has 15 heavy (non-hydrogen) atoms. The number of hydrogen-bond donors (Lipinski definition) is 1. The van der Waals surface area contributed by atoms with Gasteiger partial charge in [0.2, 0.25) is 0 Å². The summed E-state index contributed by atoms with van der Waals surface area (Å²) in [4.78, 5) is 12.0.